The molecule has 0 saturated heterocycles. The molecule has 0 amide bonds. The minimum Gasteiger partial charge on any atom is -0.343 e. The molecule has 0 saturated carbocycles. The fourth-order valence-electron chi connectivity index (χ4n) is 3.47. The van der Waals surface area contributed by atoms with Crippen LogP contribution in [0, 0.1) is 13.8 Å². The van der Waals surface area contributed by atoms with Gasteiger partial charge in [-0.25, -0.2) is 0 Å². The van der Waals surface area contributed by atoms with Crippen LogP contribution in [0.15, 0.2) is 42.6 Å². The number of pyridine rings is 1. The first kappa shape index (κ1) is 11.5. The molecule has 2 nitrogen and oxygen atoms in total. The third kappa shape index (κ3) is 1.26. The molecular weight excluding hydrogens is 244 g/mol. The Labute approximate surface area is 117 Å². The van der Waals surface area contributed by atoms with E-state index in [2.05, 4.69) is 60.8 Å². The van der Waals surface area contributed by atoms with Gasteiger partial charge in [0.15, 0.2) is 0 Å². The number of nitrogens with zero attached hydrogens (tertiary/aromatic N) is 2. The molecule has 2 aromatic heterocycles. The van der Waals surface area contributed by atoms with Crippen molar-refractivity contribution in [3.05, 3.63) is 53.7 Å². The summed E-state index contributed by atoms with van der Waals surface area (Å²) in [5, 5.41) is 3.95. The van der Waals surface area contributed by atoms with E-state index in [1.54, 1.807) is 0 Å². The molecule has 0 spiro atoms. The van der Waals surface area contributed by atoms with Gasteiger partial charge in [-0.1, -0.05) is 24.3 Å². The van der Waals surface area contributed by atoms with Crippen LogP contribution in [0.1, 0.15) is 11.1 Å². The molecule has 20 heavy (non-hydrogen) atoms. The maximum Gasteiger partial charge on any atom is 0.0754 e. The summed E-state index contributed by atoms with van der Waals surface area (Å²) in [6.45, 7) is 4.38. The molecule has 4 aromatic rings. The number of hydrogen-bond donors (Lipinski definition) is 0. The molecule has 0 unspecified atom stereocenters. The topological polar surface area (TPSA) is 17.8 Å². The highest BCUT2D eigenvalue weighted by molar-refractivity contribution is 6.16. The summed E-state index contributed by atoms with van der Waals surface area (Å²) < 4.78 is 2.29. The van der Waals surface area contributed by atoms with Gasteiger partial charge in [0.1, 0.15) is 0 Å². The Kier molecular flexibility index (Phi) is 2.19. The summed E-state index contributed by atoms with van der Waals surface area (Å²) >= 11 is 0. The van der Waals surface area contributed by atoms with E-state index < -0.39 is 0 Å². The Morgan fingerprint density at radius 3 is 2.50 bits per heavy atom. The smallest absolute Gasteiger partial charge is 0.0754 e. The van der Waals surface area contributed by atoms with Crippen LogP contribution < -0.4 is 0 Å². The van der Waals surface area contributed by atoms with Crippen molar-refractivity contribution in [1.29, 1.82) is 0 Å². The zero-order chi connectivity index (χ0) is 13.9. The average Bonchev–Trinajstić information content (AvgIpc) is 2.79. The number of benzene rings is 2. The lowest BCUT2D eigenvalue weighted by molar-refractivity contribution is 1.01. The fourth-order valence-corrected chi connectivity index (χ4v) is 3.47. The third-order valence-corrected chi connectivity index (χ3v) is 4.40. The molecule has 0 fully saturated rings. The van der Waals surface area contributed by atoms with Crippen LogP contribution in [0.2, 0.25) is 0 Å². The Morgan fingerprint density at radius 1 is 0.900 bits per heavy atom. The first-order valence-electron chi connectivity index (χ1n) is 6.91. The van der Waals surface area contributed by atoms with Crippen molar-refractivity contribution in [2.75, 3.05) is 0 Å². The molecule has 0 aliphatic heterocycles. The van der Waals surface area contributed by atoms with Crippen LogP contribution in [0.4, 0.5) is 0 Å². The van der Waals surface area contributed by atoms with Crippen LogP contribution in [0.25, 0.3) is 32.7 Å². The molecule has 0 aliphatic carbocycles. The van der Waals surface area contributed by atoms with Gasteiger partial charge in [-0.05, 0) is 37.1 Å². The number of fused-ring (bicyclic) bond motifs is 4. The lowest BCUT2D eigenvalue weighted by atomic mass is 9.99. The number of hydrogen-bond acceptors (Lipinski definition) is 1. The average molecular weight is 260 g/mol. The molecule has 0 atom stereocenters. The van der Waals surface area contributed by atoms with Crippen LogP contribution in [0.3, 0.4) is 0 Å². The monoisotopic (exact) mass is 260 g/mol. The largest absolute Gasteiger partial charge is 0.343 e. The summed E-state index contributed by atoms with van der Waals surface area (Å²) in [7, 11) is 2.14. The van der Waals surface area contributed by atoms with Crippen LogP contribution in [-0.2, 0) is 7.05 Å². The van der Waals surface area contributed by atoms with Crippen molar-refractivity contribution < 1.29 is 0 Å². The van der Waals surface area contributed by atoms with Gasteiger partial charge in [-0.15, -0.1) is 0 Å². The molecule has 0 radical (unpaired) electrons. The molecular formula is C18H16N2. The van der Waals surface area contributed by atoms with Crippen molar-refractivity contribution in [1.82, 2.24) is 9.55 Å². The van der Waals surface area contributed by atoms with Crippen molar-refractivity contribution in [2.24, 2.45) is 7.05 Å². The van der Waals surface area contributed by atoms with E-state index in [0.29, 0.717) is 0 Å². The fraction of sp³-hybridized carbons (Fsp3) is 0.167. The van der Waals surface area contributed by atoms with Gasteiger partial charge < -0.3 is 4.57 Å². The standard InChI is InChI=1S/C18H16N2/c1-11-13-8-6-10-19-17(13)12(2)18-16(11)14-7-4-5-9-15(14)20(18)3/h4-10H,1-3H3. The zero-order valence-electron chi connectivity index (χ0n) is 11.9. The van der Waals surface area contributed by atoms with E-state index in [-0.39, 0.29) is 0 Å². The molecule has 2 heteroatoms. The lowest BCUT2D eigenvalue weighted by Crippen LogP contribution is -1.93. The number of rotatable bonds is 0. The molecule has 0 aliphatic rings. The van der Waals surface area contributed by atoms with E-state index in [9.17, 15) is 0 Å². The van der Waals surface area contributed by atoms with Gasteiger partial charge in [0.25, 0.3) is 0 Å². The second-order valence-corrected chi connectivity index (χ2v) is 5.45. The summed E-state index contributed by atoms with van der Waals surface area (Å²) in [5.74, 6) is 0. The molecule has 2 heterocycles. The van der Waals surface area contributed by atoms with E-state index in [1.807, 2.05) is 12.3 Å². The molecule has 0 N–H and O–H groups in total. The van der Waals surface area contributed by atoms with Gasteiger partial charge in [-0.3, -0.25) is 4.98 Å². The van der Waals surface area contributed by atoms with Gasteiger partial charge in [-0.2, -0.15) is 0 Å². The first-order chi connectivity index (χ1) is 9.70. The van der Waals surface area contributed by atoms with Crippen molar-refractivity contribution in [2.45, 2.75) is 13.8 Å². The Bertz CT molecular complexity index is 977. The van der Waals surface area contributed by atoms with E-state index in [4.69, 9.17) is 0 Å². The van der Waals surface area contributed by atoms with Crippen LogP contribution in [-0.4, -0.2) is 9.55 Å². The van der Waals surface area contributed by atoms with Crippen LogP contribution >= 0.6 is 0 Å². The number of aryl methyl sites for hydroxylation is 3. The molecule has 4 rings (SSSR count). The van der Waals surface area contributed by atoms with Crippen molar-refractivity contribution in [3.63, 3.8) is 0 Å². The van der Waals surface area contributed by atoms with Gasteiger partial charge in [0.05, 0.1) is 11.0 Å². The van der Waals surface area contributed by atoms with E-state index in [1.165, 1.54) is 38.3 Å². The minimum absolute atomic E-state index is 1.11. The Hall–Kier alpha value is -2.35. The van der Waals surface area contributed by atoms with Gasteiger partial charge in [0.2, 0.25) is 0 Å². The first-order valence-corrected chi connectivity index (χ1v) is 6.91. The predicted octanol–water partition coefficient (Wildman–Crippen LogP) is 4.50. The third-order valence-electron chi connectivity index (χ3n) is 4.40. The zero-order valence-corrected chi connectivity index (χ0v) is 11.9. The van der Waals surface area contributed by atoms with Crippen LogP contribution in [0.5, 0.6) is 0 Å². The van der Waals surface area contributed by atoms with E-state index in [0.717, 1.165) is 5.52 Å². The highest BCUT2D eigenvalue weighted by Crippen LogP contribution is 2.37. The molecule has 2 aromatic carbocycles. The van der Waals surface area contributed by atoms with Crippen molar-refractivity contribution >= 4 is 32.7 Å². The second kappa shape index (κ2) is 3.83. The summed E-state index contributed by atoms with van der Waals surface area (Å²) in [6, 6.07) is 12.8. The lowest BCUT2D eigenvalue weighted by Gasteiger charge is -2.09. The van der Waals surface area contributed by atoms with Gasteiger partial charge in [0, 0.05) is 34.9 Å². The maximum absolute atomic E-state index is 4.59. The summed E-state index contributed by atoms with van der Waals surface area (Å²) in [4.78, 5) is 4.59. The minimum atomic E-state index is 1.11. The van der Waals surface area contributed by atoms with Crippen molar-refractivity contribution in [3.8, 4) is 0 Å². The van der Waals surface area contributed by atoms with Gasteiger partial charge >= 0.3 is 0 Å². The quantitative estimate of drug-likeness (QED) is 0.455. The summed E-state index contributed by atoms with van der Waals surface area (Å²) in [5.41, 5.74) is 6.28. The maximum atomic E-state index is 4.59. The highest BCUT2D eigenvalue weighted by atomic mass is 14.9. The molecule has 0 bridgehead atoms. The number of para-hydroxylation sites is 1. The SMILES string of the molecule is Cc1c2cccnc2c(C)c2c1c1ccccc1n2C. The summed E-state index contributed by atoms with van der Waals surface area (Å²) in [6.07, 6.45) is 1.88. The second-order valence-electron chi connectivity index (χ2n) is 5.45. The predicted molar refractivity (Wildman–Crippen MR) is 85.2 cm³/mol. The highest BCUT2D eigenvalue weighted by Gasteiger charge is 2.16. The Balaban J connectivity index is 2.44. The normalized spacial score (nSPS) is 11.8. The van der Waals surface area contributed by atoms with E-state index >= 15 is 0 Å². The molecule has 98 valence electrons. The number of aromatic nitrogens is 2. The Morgan fingerprint density at radius 2 is 1.65 bits per heavy atom.